The van der Waals surface area contributed by atoms with Gasteiger partial charge in [0.1, 0.15) is 36.9 Å². The zero-order chi connectivity index (χ0) is 29.4. The van der Waals surface area contributed by atoms with Gasteiger partial charge in [-0.1, -0.05) is 72.4 Å². The molecule has 0 N–H and O–H groups in total. The Bertz CT molecular complexity index is 1210. The second kappa shape index (κ2) is 16.1. The van der Waals surface area contributed by atoms with Gasteiger partial charge in [0.2, 0.25) is 0 Å². The molecule has 0 bridgehead atoms. The van der Waals surface area contributed by atoms with Gasteiger partial charge in [0.15, 0.2) is 0 Å². The Morgan fingerprint density at radius 1 is 0.537 bits per heavy atom. The maximum absolute atomic E-state index is 7.12. The first-order valence-electron chi connectivity index (χ1n) is 13.1. The van der Waals surface area contributed by atoms with Crippen LogP contribution in [0.4, 0.5) is 0 Å². The summed E-state index contributed by atoms with van der Waals surface area (Å²) in [5.41, 5.74) is 0.867. The molecule has 3 aromatic rings. The normalized spacial score (nSPS) is 11.2. The summed E-state index contributed by atoms with van der Waals surface area (Å²) in [7, 11) is 3.27. The van der Waals surface area contributed by atoms with E-state index in [4.69, 9.17) is 47.7 Å². The Hall–Kier alpha value is -4.22. The number of ether oxygens (including phenoxy) is 6. The molecule has 6 nitrogen and oxygen atoms in total. The Labute approximate surface area is 243 Å². The second-order valence-corrected chi connectivity index (χ2v) is 9.38. The van der Waals surface area contributed by atoms with E-state index in [0.717, 1.165) is 28.2 Å². The van der Waals surface area contributed by atoms with E-state index in [-0.39, 0.29) is 46.2 Å². The van der Waals surface area contributed by atoms with Crippen LogP contribution in [0.1, 0.15) is 16.7 Å². The molecule has 3 rings (SSSR count). The number of rotatable bonds is 17. The summed E-state index contributed by atoms with van der Waals surface area (Å²) in [4.78, 5) is 0. The summed E-state index contributed by atoms with van der Waals surface area (Å²) < 4.78 is 35.5. The van der Waals surface area contributed by atoms with Gasteiger partial charge in [-0.15, -0.1) is 19.3 Å². The van der Waals surface area contributed by atoms with Gasteiger partial charge in [0.25, 0.3) is 0 Å². The summed E-state index contributed by atoms with van der Waals surface area (Å²) in [6, 6.07) is 25.6. The molecule has 41 heavy (non-hydrogen) atoms. The molecule has 0 heterocycles. The minimum atomic E-state index is -1.05. The highest BCUT2D eigenvalue weighted by atomic mass is 16.5. The third kappa shape index (κ3) is 8.15. The van der Waals surface area contributed by atoms with Crippen LogP contribution in [-0.4, -0.2) is 60.5 Å². The van der Waals surface area contributed by atoms with Crippen LogP contribution in [0.15, 0.2) is 78.9 Å². The SMILES string of the molecule is C#CCOCC(COCC#C)(COCC#C)COC(c1ccccc1)(c1ccc(OC)cc1)c1ccc(OC)cc1. The molecule has 0 unspecified atom stereocenters. The van der Waals surface area contributed by atoms with Crippen LogP contribution in [0, 0.1) is 42.4 Å². The lowest BCUT2D eigenvalue weighted by atomic mass is 9.79. The molecule has 0 atom stereocenters. The average molecular weight is 553 g/mol. The topological polar surface area (TPSA) is 55.4 Å². The van der Waals surface area contributed by atoms with Gasteiger partial charge in [0.05, 0.1) is 46.1 Å². The van der Waals surface area contributed by atoms with Crippen LogP contribution in [0.2, 0.25) is 0 Å². The van der Waals surface area contributed by atoms with Crippen molar-refractivity contribution in [1.82, 2.24) is 0 Å². The fourth-order valence-corrected chi connectivity index (χ4v) is 4.57. The first-order valence-corrected chi connectivity index (χ1v) is 13.1. The molecule has 0 aliphatic heterocycles. The number of benzene rings is 3. The molecular weight excluding hydrogens is 516 g/mol. The van der Waals surface area contributed by atoms with Crippen molar-refractivity contribution in [2.75, 3.05) is 60.5 Å². The molecule has 0 amide bonds. The van der Waals surface area contributed by atoms with Gasteiger partial charge in [-0.05, 0) is 41.0 Å². The molecule has 6 heteroatoms. The van der Waals surface area contributed by atoms with Gasteiger partial charge >= 0.3 is 0 Å². The van der Waals surface area contributed by atoms with Crippen molar-refractivity contribution in [3.8, 4) is 48.5 Å². The Morgan fingerprint density at radius 3 is 1.29 bits per heavy atom. The lowest BCUT2D eigenvalue weighted by Crippen LogP contribution is -2.45. The maximum atomic E-state index is 7.12. The number of terminal acetylenes is 3. The van der Waals surface area contributed by atoms with E-state index in [9.17, 15) is 0 Å². The van der Waals surface area contributed by atoms with E-state index >= 15 is 0 Å². The highest BCUT2D eigenvalue weighted by Gasteiger charge is 2.42. The summed E-state index contributed by atoms with van der Waals surface area (Å²) in [5.74, 6) is 9.00. The van der Waals surface area contributed by atoms with Crippen molar-refractivity contribution in [2.45, 2.75) is 5.60 Å². The quantitative estimate of drug-likeness (QED) is 0.134. The van der Waals surface area contributed by atoms with Crippen molar-refractivity contribution in [3.05, 3.63) is 95.6 Å². The van der Waals surface area contributed by atoms with Crippen molar-refractivity contribution < 1.29 is 28.4 Å². The summed E-state index contributed by atoms with van der Waals surface area (Å²) in [5, 5.41) is 0. The van der Waals surface area contributed by atoms with Crippen molar-refractivity contribution in [2.24, 2.45) is 5.41 Å². The average Bonchev–Trinajstić information content (AvgIpc) is 3.03. The summed E-state index contributed by atoms with van der Waals surface area (Å²) in [6.45, 7) is 1.10. The molecule has 0 saturated carbocycles. The minimum absolute atomic E-state index is 0.118. The van der Waals surface area contributed by atoms with Crippen LogP contribution in [0.3, 0.4) is 0 Å². The van der Waals surface area contributed by atoms with Crippen molar-refractivity contribution >= 4 is 0 Å². The Kier molecular flexibility index (Phi) is 12.3. The number of hydrogen-bond acceptors (Lipinski definition) is 6. The molecular formula is C35H36O6. The minimum Gasteiger partial charge on any atom is -0.497 e. The molecule has 0 fully saturated rings. The first kappa shape index (κ1) is 31.3. The van der Waals surface area contributed by atoms with Crippen LogP contribution in [0.25, 0.3) is 0 Å². The highest BCUT2D eigenvalue weighted by molar-refractivity contribution is 5.49. The highest BCUT2D eigenvalue weighted by Crippen LogP contribution is 2.43. The van der Waals surface area contributed by atoms with E-state index in [1.807, 2.05) is 78.9 Å². The monoisotopic (exact) mass is 552 g/mol. The standard InChI is InChI=1S/C35H36O6/c1-6-22-38-25-34(26-39-23-7-2,27-40-24-8-3)28-41-35(29-12-10-9-11-13-29,30-14-18-32(36-4)19-15-30)31-16-20-33(37-5)21-17-31/h1-3,9-21H,22-28H2,4-5H3. The lowest BCUT2D eigenvalue weighted by Gasteiger charge is -2.40. The molecule has 212 valence electrons. The van der Waals surface area contributed by atoms with Gasteiger partial charge in [-0.25, -0.2) is 0 Å². The third-order valence-corrected chi connectivity index (χ3v) is 6.55. The number of methoxy groups -OCH3 is 2. The maximum Gasteiger partial charge on any atom is 0.143 e. The van der Waals surface area contributed by atoms with Crippen LogP contribution < -0.4 is 9.47 Å². The van der Waals surface area contributed by atoms with Crippen molar-refractivity contribution in [1.29, 1.82) is 0 Å². The van der Waals surface area contributed by atoms with E-state index in [2.05, 4.69) is 17.8 Å². The van der Waals surface area contributed by atoms with Gasteiger partial charge in [0, 0.05) is 0 Å². The predicted octanol–water partition coefficient (Wildman–Crippen LogP) is 4.95. The predicted molar refractivity (Wildman–Crippen MR) is 160 cm³/mol. The summed E-state index contributed by atoms with van der Waals surface area (Å²) >= 11 is 0. The Balaban J connectivity index is 2.18. The number of hydrogen-bond donors (Lipinski definition) is 0. The fourth-order valence-electron chi connectivity index (χ4n) is 4.57. The second-order valence-electron chi connectivity index (χ2n) is 9.38. The molecule has 0 spiro atoms. The van der Waals surface area contributed by atoms with Crippen LogP contribution >= 0.6 is 0 Å². The Morgan fingerprint density at radius 2 is 0.927 bits per heavy atom. The smallest absolute Gasteiger partial charge is 0.143 e. The van der Waals surface area contributed by atoms with Crippen LogP contribution in [0.5, 0.6) is 11.5 Å². The zero-order valence-corrected chi connectivity index (χ0v) is 23.6. The zero-order valence-electron chi connectivity index (χ0n) is 23.6. The molecule has 0 aromatic heterocycles. The van der Waals surface area contributed by atoms with Gasteiger partial charge < -0.3 is 28.4 Å². The van der Waals surface area contributed by atoms with Gasteiger partial charge in [-0.3, -0.25) is 0 Å². The van der Waals surface area contributed by atoms with E-state index in [0.29, 0.717) is 0 Å². The lowest BCUT2D eigenvalue weighted by molar-refractivity contribution is -0.122. The van der Waals surface area contributed by atoms with E-state index in [1.165, 1.54) is 0 Å². The van der Waals surface area contributed by atoms with Gasteiger partial charge in [-0.2, -0.15) is 0 Å². The first-order chi connectivity index (χ1) is 20.1. The summed E-state index contributed by atoms with van der Waals surface area (Å²) in [6.07, 6.45) is 16.4. The van der Waals surface area contributed by atoms with E-state index < -0.39 is 11.0 Å². The molecule has 0 aliphatic carbocycles. The molecule has 3 aromatic carbocycles. The molecule has 0 aliphatic rings. The molecule has 0 saturated heterocycles. The third-order valence-electron chi connectivity index (χ3n) is 6.55. The van der Waals surface area contributed by atoms with Crippen LogP contribution in [-0.2, 0) is 24.5 Å². The largest absolute Gasteiger partial charge is 0.497 e. The van der Waals surface area contributed by atoms with E-state index in [1.54, 1.807) is 14.2 Å². The fraction of sp³-hybridized carbons (Fsp3) is 0.314. The van der Waals surface area contributed by atoms with Crippen molar-refractivity contribution in [3.63, 3.8) is 0 Å². The molecule has 0 radical (unpaired) electrons.